The Morgan fingerprint density at radius 1 is 1.32 bits per heavy atom. The van der Waals surface area contributed by atoms with Gasteiger partial charge in [0.1, 0.15) is 5.76 Å². The molecule has 7 heteroatoms. The van der Waals surface area contributed by atoms with E-state index in [1.165, 1.54) is 30.6 Å². The molecule has 0 saturated heterocycles. The van der Waals surface area contributed by atoms with Crippen LogP contribution in [0.15, 0.2) is 45.9 Å². The molecule has 2 rings (SSSR count). The van der Waals surface area contributed by atoms with Crippen molar-refractivity contribution in [3.63, 3.8) is 0 Å². The van der Waals surface area contributed by atoms with Crippen molar-refractivity contribution in [2.24, 2.45) is 0 Å². The van der Waals surface area contributed by atoms with Crippen molar-refractivity contribution in [2.75, 3.05) is 12.4 Å². The number of hydrogen-bond acceptors (Lipinski definition) is 4. The summed E-state index contributed by atoms with van der Waals surface area (Å²) in [6, 6.07) is 8.22. The van der Waals surface area contributed by atoms with Gasteiger partial charge in [-0.2, -0.15) is 4.31 Å². The summed E-state index contributed by atoms with van der Waals surface area (Å²) in [6.45, 7) is 3.22. The molecule has 1 aromatic carbocycles. The van der Waals surface area contributed by atoms with E-state index < -0.39 is 10.0 Å². The van der Waals surface area contributed by atoms with Crippen LogP contribution < -0.4 is 5.32 Å². The van der Waals surface area contributed by atoms with Crippen molar-refractivity contribution in [1.29, 1.82) is 0 Å². The minimum absolute atomic E-state index is 0.138. The van der Waals surface area contributed by atoms with Crippen LogP contribution >= 0.6 is 0 Å². The Bertz CT molecular complexity index is 767. The maximum Gasteiger partial charge on any atom is 0.243 e. The van der Waals surface area contributed by atoms with E-state index in [1.807, 2.05) is 0 Å². The lowest BCUT2D eigenvalue weighted by Crippen LogP contribution is -2.27. The number of rotatable bonds is 5. The minimum atomic E-state index is -3.68. The zero-order valence-electron chi connectivity index (χ0n) is 12.7. The number of amides is 1. The molecular formula is C15H18N2O4S. The maximum absolute atomic E-state index is 12.7. The van der Waals surface area contributed by atoms with Gasteiger partial charge in [-0.25, -0.2) is 8.42 Å². The fraction of sp³-hybridized carbons (Fsp3) is 0.267. The molecule has 0 aliphatic carbocycles. The van der Waals surface area contributed by atoms with Crippen LogP contribution in [0.5, 0.6) is 0 Å². The van der Waals surface area contributed by atoms with Gasteiger partial charge in [-0.3, -0.25) is 4.79 Å². The van der Waals surface area contributed by atoms with E-state index >= 15 is 0 Å². The van der Waals surface area contributed by atoms with Gasteiger partial charge in [0.15, 0.2) is 0 Å². The lowest BCUT2D eigenvalue weighted by Gasteiger charge is -2.18. The van der Waals surface area contributed by atoms with Crippen LogP contribution in [0.2, 0.25) is 0 Å². The SMILES string of the molecule is CC(=O)Nc1ccc(C)c(S(=O)(=O)N(C)Cc2ccco2)c1. The summed E-state index contributed by atoms with van der Waals surface area (Å²) in [5.74, 6) is 0.304. The van der Waals surface area contributed by atoms with E-state index in [2.05, 4.69) is 5.32 Å². The smallest absolute Gasteiger partial charge is 0.243 e. The summed E-state index contributed by atoms with van der Waals surface area (Å²) in [4.78, 5) is 11.3. The van der Waals surface area contributed by atoms with Crippen molar-refractivity contribution in [3.8, 4) is 0 Å². The highest BCUT2D eigenvalue weighted by Crippen LogP contribution is 2.24. The largest absolute Gasteiger partial charge is 0.468 e. The Morgan fingerprint density at radius 2 is 2.05 bits per heavy atom. The first-order valence-electron chi connectivity index (χ1n) is 6.67. The van der Waals surface area contributed by atoms with Crippen LogP contribution in [-0.2, 0) is 21.4 Å². The first-order valence-corrected chi connectivity index (χ1v) is 8.11. The molecule has 0 aliphatic heterocycles. The summed E-state index contributed by atoms with van der Waals surface area (Å²) in [6.07, 6.45) is 1.50. The lowest BCUT2D eigenvalue weighted by molar-refractivity contribution is -0.114. The molecule has 1 heterocycles. The van der Waals surface area contributed by atoms with Crippen LogP contribution in [0, 0.1) is 6.92 Å². The molecule has 22 heavy (non-hydrogen) atoms. The zero-order chi connectivity index (χ0) is 16.3. The molecule has 0 atom stereocenters. The predicted molar refractivity (Wildman–Crippen MR) is 82.8 cm³/mol. The second-order valence-electron chi connectivity index (χ2n) is 5.00. The molecule has 1 amide bonds. The second-order valence-corrected chi connectivity index (χ2v) is 7.02. The number of sulfonamides is 1. The van der Waals surface area contributed by atoms with Gasteiger partial charge < -0.3 is 9.73 Å². The number of aryl methyl sites for hydroxylation is 1. The quantitative estimate of drug-likeness (QED) is 0.916. The lowest BCUT2D eigenvalue weighted by atomic mass is 10.2. The van der Waals surface area contributed by atoms with E-state index in [0.29, 0.717) is 17.0 Å². The number of anilines is 1. The number of nitrogens with one attached hydrogen (secondary N) is 1. The zero-order valence-corrected chi connectivity index (χ0v) is 13.5. The average Bonchev–Trinajstić information content (AvgIpc) is 2.93. The predicted octanol–water partition coefficient (Wildman–Crippen LogP) is 2.37. The van der Waals surface area contributed by atoms with Gasteiger partial charge in [-0.05, 0) is 36.8 Å². The van der Waals surface area contributed by atoms with Gasteiger partial charge in [0, 0.05) is 19.7 Å². The fourth-order valence-electron chi connectivity index (χ4n) is 2.03. The van der Waals surface area contributed by atoms with Gasteiger partial charge in [0.25, 0.3) is 0 Å². The van der Waals surface area contributed by atoms with Crippen LogP contribution in [0.3, 0.4) is 0 Å². The molecule has 0 radical (unpaired) electrons. The topological polar surface area (TPSA) is 79.6 Å². The third-order valence-electron chi connectivity index (χ3n) is 3.16. The van der Waals surface area contributed by atoms with Crippen LogP contribution in [0.25, 0.3) is 0 Å². The monoisotopic (exact) mass is 322 g/mol. The number of carbonyl (C=O) groups is 1. The Labute approximate surface area is 129 Å². The first-order chi connectivity index (χ1) is 10.3. The summed E-state index contributed by atoms with van der Waals surface area (Å²) in [7, 11) is -2.19. The van der Waals surface area contributed by atoms with Crippen LogP contribution in [-0.4, -0.2) is 25.7 Å². The molecule has 0 bridgehead atoms. The van der Waals surface area contributed by atoms with E-state index in [1.54, 1.807) is 31.2 Å². The molecule has 2 aromatic rings. The van der Waals surface area contributed by atoms with Crippen molar-refractivity contribution >= 4 is 21.6 Å². The van der Waals surface area contributed by atoms with Crippen molar-refractivity contribution in [1.82, 2.24) is 4.31 Å². The highest BCUT2D eigenvalue weighted by Gasteiger charge is 2.24. The number of furan rings is 1. The van der Waals surface area contributed by atoms with Gasteiger partial charge in [0.2, 0.25) is 15.9 Å². The molecule has 0 fully saturated rings. The van der Waals surface area contributed by atoms with E-state index in [0.717, 1.165) is 0 Å². The van der Waals surface area contributed by atoms with E-state index in [9.17, 15) is 13.2 Å². The number of nitrogens with zero attached hydrogens (tertiary/aromatic N) is 1. The number of benzene rings is 1. The molecule has 0 aliphatic rings. The molecular weight excluding hydrogens is 304 g/mol. The number of carbonyl (C=O) groups excluding carboxylic acids is 1. The van der Waals surface area contributed by atoms with E-state index in [-0.39, 0.29) is 17.3 Å². The maximum atomic E-state index is 12.7. The van der Waals surface area contributed by atoms with Crippen molar-refractivity contribution < 1.29 is 17.6 Å². The van der Waals surface area contributed by atoms with E-state index in [4.69, 9.17) is 4.42 Å². The van der Waals surface area contributed by atoms with Crippen molar-refractivity contribution in [3.05, 3.63) is 47.9 Å². The average molecular weight is 322 g/mol. The Hall–Kier alpha value is -2.12. The minimum Gasteiger partial charge on any atom is -0.468 e. The molecule has 0 unspecified atom stereocenters. The molecule has 0 saturated carbocycles. The Morgan fingerprint density at radius 3 is 2.64 bits per heavy atom. The van der Waals surface area contributed by atoms with Crippen LogP contribution in [0.1, 0.15) is 18.2 Å². The molecule has 0 spiro atoms. The third kappa shape index (κ3) is 3.55. The van der Waals surface area contributed by atoms with Gasteiger partial charge in [-0.1, -0.05) is 6.07 Å². The fourth-order valence-corrected chi connectivity index (χ4v) is 3.42. The summed E-state index contributed by atoms with van der Waals surface area (Å²) >= 11 is 0. The first kappa shape index (κ1) is 16.3. The summed E-state index contributed by atoms with van der Waals surface area (Å²) in [5.41, 5.74) is 1.06. The molecule has 118 valence electrons. The highest BCUT2D eigenvalue weighted by atomic mass is 32.2. The molecule has 6 nitrogen and oxygen atoms in total. The molecule has 1 aromatic heterocycles. The molecule has 1 N–H and O–H groups in total. The summed E-state index contributed by atoms with van der Waals surface area (Å²) in [5, 5.41) is 2.59. The van der Waals surface area contributed by atoms with Gasteiger partial charge in [0.05, 0.1) is 17.7 Å². The van der Waals surface area contributed by atoms with Crippen molar-refractivity contribution in [2.45, 2.75) is 25.3 Å². The normalized spacial score (nSPS) is 11.6. The van der Waals surface area contributed by atoms with Crippen LogP contribution in [0.4, 0.5) is 5.69 Å². The summed E-state index contributed by atoms with van der Waals surface area (Å²) < 4.78 is 31.8. The third-order valence-corrected chi connectivity index (χ3v) is 5.10. The van der Waals surface area contributed by atoms with Gasteiger partial charge in [-0.15, -0.1) is 0 Å². The standard InChI is InChI=1S/C15H18N2O4S/c1-11-6-7-13(16-12(2)18)9-15(11)22(19,20)17(3)10-14-5-4-8-21-14/h4-9H,10H2,1-3H3,(H,16,18). The van der Waals surface area contributed by atoms with Gasteiger partial charge >= 0.3 is 0 Å². The highest BCUT2D eigenvalue weighted by molar-refractivity contribution is 7.89. The Kier molecular flexibility index (Phi) is 4.68. The Balaban J connectivity index is 2.33. The second kappa shape index (κ2) is 6.33. The number of hydrogen-bond donors (Lipinski definition) is 1.